The summed E-state index contributed by atoms with van der Waals surface area (Å²) in [4.78, 5) is 43.6. The highest BCUT2D eigenvalue weighted by Gasteiger charge is 2.30. The number of Topliss-reactive ketones (excluding diaryl/α,β-unsaturated/α-hetero) is 1. The van der Waals surface area contributed by atoms with Gasteiger partial charge in [-0.1, -0.05) is 30.3 Å². The van der Waals surface area contributed by atoms with Gasteiger partial charge in [0.2, 0.25) is 5.91 Å². The molecule has 0 spiro atoms. The SMILES string of the molecule is [C-]#[N+]/C(C(=O)OC)=C(\Nc1ccc2oc(C)cc2c1)NC1CCCCN(CC(=O)c2ccccc2)C1=O. The van der Waals surface area contributed by atoms with Gasteiger partial charge in [0.1, 0.15) is 23.2 Å². The second-order valence-electron chi connectivity index (χ2n) is 8.80. The van der Waals surface area contributed by atoms with Gasteiger partial charge in [-0.15, -0.1) is 0 Å². The third kappa shape index (κ3) is 5.98. The van der Waals surface area contributed by atoms with E-state index in [2.05, 4.69) is 15.5 Å². The van der Waals surface area contributed by atoms with Crippen molar-refractivity contribution in [1.82, 2.24) is 10.2 Å². The van der Waals surface area contributed by atoms with Gasteiger partial charge in [0.05, 0.1) is 20.2 Å². The molecule has 0 aliphatic carbocycles. The van der Waals surface area contributed by atoms with Crippen molar-refractivity contribution in [1.29, 1.82) is 0 Å². The molecular weight excluding hydrogens is 472 g/mol. The van der Waals surface area contributed by atoms with Gasteiger partial charge >= 0.3 is 11.7 Å². The van der Waals surface area contributed by atoms with E-state index in [-0.39, 0.29) is 29.8 Å². The lowest BCUT2D eigenvalue weighted by Gasteiger charge is -2.26. The van der Waals surface area contributed by atoms with E-state index in [4.69, 9.17) is 15.7 Å². The third-order valence-electron chi connectivity index (χ3n) is 6.17. The number of anilines is 1. The van der Waals surface area contributed by atoms with Crippen LogP contribution in [0.25, 0.3) is 15.8 Å². The first kappa shape index (κ1) is 25.5. The molecule has 4 rings (SSSR count). The third-order valence-corrected chi connectivity index (χ3v) is 6.17. The highest BCUT2D eigenvalue weighted by Crippen LogP contribution is 2.24. The average molecular weight is 501 g/mol. The topological polar surface area (TPSA) is 105 Å². The number of esters is 1. The molecule has 2 N–H and O–H groups in total. The van der Waals surface area contributed by atoms with Crippen molar-refractivity contribution in [2.45, 2.75) is 32.2 Å². The Morgan fingerprint density at radius 1 is 1.16 bits per heavy atom. The molecule has 1 aromatic heterocycles. The molecule has 1 aliphatic heterocycles. The van der Waals surface area contributed by atoms with E-state index < -0.39 is 12.0 Å². The predicted molar refractivity (Wildman–Crippen MR) is 138 cm³/mol. The van der Waals surface area contributed by atoms with Gasteiger partial charge in [-0.05, 0) is 50.5 Å². The molecule has 1 amide bonds. The van der Waals surface area contributed by atoms with Crippen LogP contribution in [0.1, 0.15) is 35.4 Å². The number of nitrogens with one attached hydrogen (secondary N) is 2. The lowest BCUT2D eigenvalue weighted by atomic mass is 10.1. The quantitative estimate of drug-likeness (QED) is 0.206. The van der Waals surface area contributed by atoms with E-state index in [9.17, 15) is 14.4 Å². The molecule has 2 aromatic carbocycles. The fourth-order valence-electron chi connectivity index (χ4n) is 4.32. The summed E-state index contributed by atoms with van der Waals surface area (Å²) in [5.74, 6) is -0.426. The number of nitrogens with zero attached hydrogens (tertiary/aromatic N) is 2. The van der Waals surface area contributed by atoms with Gasteiger partial charge in [0.25, 0.3) is 0 Å². The van der Waals surface area contributed by atoms with Crippen LogP contribution in [0.4, 0.5) is 5.69 Å². The highest BCUT2D eigenvalue weighted by atomic mass is 16.5. The Kier molecular flexibility index (Phi) is 7.89. The molecule has 0 radical (unpaired) electrons. The van der Waals surface area contributed by atoms with Crippen molar-refractivity contribution in [3.05, 3.63) is 88.9 Å². The predicted octanol–water partition coefficient (Wildman–Crippen LogP) is 4.27. The van der Waals surface area contributed by atoms with Crippen LogP contribution in [0.15, 0.2) is 70.5 Å². The highest BCUT2D eigenvalue weighted by molar-refractivity contribution is 6.00. The van der Waals surface area contributed by atoms with E-state index in [0.29, 0.717) is 29.8 Å². The molecule has 1 saturated heterocycles. The van der Waals surface area contributed by atoms with E-state index in [0.717, 1.165) is 24.0 Å². The summed E-state index contributed by atoms with van der Waals surface area (Å²) in [6.07, 6.45) is 1.95. The second-order valence-corrected chi connectivity index (χ2v) is 8.80. The zero-order valence-electron chi connectivity index (χ0n) is 20.7. The first-order chi connectivity index (χ1) is 17.9. The smallest absolute Gasteiger partial charge is 0.339 e. The molecule has 1 fully saturated rings. The molecular formula is C28H28N4O5. The van der Waals surface area contributed by atoms with Crippen molar-refractivity contribution >= 4 is 34.3 Å². The number of likely N-dealkylation sites (tertiary alicyclic amines) is 1. The number of ether oxygens (including phenoxy) is 1. The van der Waals surface area contributed by atoms with Crippen LogP contribution < -0.4 is 10.6 Å². The fourth-order valence-corrected chi connectivity index (χ4v) is 4.32. The van der Waals surface area contributed by atoms with Crippen LogP contribution in [0, 0.1) is 13.5 Å². The number of hydrogen-bond acceptors (Lipinski definition) is 7. The molecule has 0 bridgehead atoms. The summed E-state index contributed by atoms with van der Waals surface area (Å²) in [6, 6.07) is 15.3. The van der Waals surface area contributed by atoms with Gasteiger partial charge < -0.3 is 24.7 Å². The van der Waals surface area contributed by atoms with Crippen molar-refractivity contribution in [2.24, 2.45) is 0 Å². The Hall–Kier alpha value is -4.58. The Labute approximate surface area is 214 Å². The molecule has 37 heavy (non-hydrogen) atoms. The molecule has 2 heterocycles. The number of ketones is 1. The number of benzene rings is 2. The summed E-state index contributed by atoms with van der Waals surface area (Å²) in [5.41, 5.74) is 1.53. The normalized spacial score (nSPS) is 16.4. The van der Waals surface area contributed by atoms with Crippen LogP contribution in [0.5, 0.6) is 0 Å². The van der Waals surface area contributed by atoms with Crippen LogP contribution in [-0.2, 0) is 14.3 Å². The molecule has 9 nitrogen and oxygen atoms in total. The zero-order chi connectivity index (χ0) is 26.4. The number of fused-ring (bicyclic) bond motifs is 1. The van der Waals surface area contributed by atoms with E-state index in [1.54, 1.807) is 36.4 Å². The fraction of sp³-hybridized carbons (Fsp3) is 0.286. The number of rotatable bonds is 8. The number of carbonyl (C=O) groups is 3. The number of carbonyl (C=O) groups excluding carboxylic acids is 3. The van der Waals surface area contributed by atoms with E-state index in [1.165, 1.54) is 12.0 Å². The molecule has 0 saturated carbocycles. The molecule has 190 valence electrons. The maximum Gasteiger partial charge on any atom is 0.339 e. The summed E-state index contributed by atoms with van der Waals surface area (Å²) < 4.78 is 10.4. The van der Waals surface area contributed by atoms with E-state index in [1.807, 2.05) is 25.1 Å². The summed E-state index contributed by atoms with van der Waals surface area (Å²) in [6.45, 7) is 9.85. The summed E-state index contributed by atoms with van der Waals surface area (Å²) in [7, 11) is 1.19. The molecule has 1 atom stereocenters. The van der Waals surface area contributed by atoms with E-state index >= 15 is 0 Å². The molecule has 3 aromatic rings. The lowest BCUT2D eigenvalue weighted by molar-refractivity contribution is -0.136. The number of methoxy groups -OCH3 is 1. The second kappa shape index (κ2) is 11.4. The van der Waals surface area contributed by atoms with Gasteiger partial charge in [-0.2, -0.15) is 0 Å². The number of amides is 1. The summed E-state index contributed by atoms with van der Waals surface area (Å²) in [5, 5.41) is 7.02. The Balaban J connectivity index is 1.60. The van der Waals surface area contributed by atoms with Gasteiger partial charge in [0, 0.05) is 23.2 Å². The standard InChI is InChI=1S/C28H28N4O5/c1-18-15-20-16-21(12-13-24(20)37-18)30-26(25(29-2)28(35)36-3)31-22-11-7-8-14-32(27(22)34)17-23(33)19-9-5-4-6-10-19/h4-6,9-10,12-13,15-16,22,30-31H,7-8,11,14,17H2,1,3H3/b26-25+. The van der Waals surface area contributed by atoms with Crippen LogP contribution >= 0.6 is 0 Å². The lowest BCUT2D eigenvalue weighted by Crippen LogP contribution is -2.47. The van der Waals surface area contributed by atoms with Crippen molar-refractivity contribution < 1.29 is 23.5 Å². The molecule has 9 heteroatoms. The Morgan fingerprint density at radius 3 is 2.68 bits per heavy atom. The van der Waals surface area contributed by atoms with Crippen LogP contribution in [-0.4, -0.2) is 48.8 Å². The van der Waals surface area contributed by atoms with Crippen molar-refractivity contribution in [3.8, 4) is 0 Å². The first-order valence-corrected chi connectivity index (χ1v) is 12.0. The largest absolute Gasteiger partial charge is 0.474 e. The molecule has 1 unspecified atom stereocenters. The van der Waals surface area contributed by atoms with Crippen LogP contribution in [0.3, 0.4) is 0 Å². The Bertz CT molecular complexity index is 1390. The van der Waals surface area contributed by atoms with Gasteiger partial charge in [-0.25, -0.2) is 4.85 Å². The number of furan rings is 1. The number of hydrogen-bond donors (Lipinski definition) is 2. The minimum atomic E-state index is -0.831. The van der Waals surface area contributed by atoms with Gasteiger partial charge in [0.15, 0.2) is 5.78 Å². The maximum absolute atomic E-state index is 13.5. The summed E-state index contributed by atoms with van der Waals surface area (Å²) >= 11 is 0. The maximum atomic E-state index is 13.5. The van der Waals surface area contributed by atoms with Crippen molar-refractivity contribution in [3.63, 3.8) is 0 Å². The average Bonchev–Trinajstić information content (AvgIpc) is 3.20. The molecule has 1 aliphatic rings. The Morgan fingerprint density at radius 2 is 1.95 bits per heavy atom. The van der Waals surface area contributed by atoms with Gasteiger partial charge in [-0.3, -0.25) is 14.4 Å². The minimum Gasteiger partial charge on any atom is -0.474 e. The zero-order valence-corrected chi connectivity index (χ0v) is 20.7. The van der Waals surface area contributed by atoms with Crippen LogP contribution in [0.2, 0.25) is 0 Å². The monoisotopic (exact) mass is 500 g/mol. The minimum absolute atomic E-state index is 0.0450. The first-order valence-electron chi connectivity index (χ1n) is 12.0. The van der Waals surface area contributed by atoms with Crippen molar-refractivity contribution in [2.75, 3.05) is 25.5 Å². The number of aryl methyl sites for hydroxylation is 1.